The number of nitrogens with zero attached hydrogens (tertiary/aromatic N) is 1. The molecule has 3 nitrogen and oxygen atoms in total. The van der Waals surface area contributed by atoms with Crippen LogP contribution < -0.4 is 5.73 Å². The zero-order chi connectivity index (χ0) is 16.4. The van der Waals surface area contributed by atoms with Crippen molar-refractivity contribution < 1.29 is 4.79 Å². The van der Waals surface area contributed by atoms with Crippen molar-refractivity contribution in [3.63, 3.8) is 0 Å². The van der Waals surface area contributed by atoms with E-state index < -0.39 is 0 Å². The molecule has 2 N–H and O–H groups in total. The van der Waals surface area contributed by atoms with Crippen molar-refractivity contribution in [1.29, 1.82) is 0 Å². The third-order valence-electron chi connectivity index (χ3n) is 4.43. The first-order valence-corrected chi connectivity index (χ1v) is 8.35. The molecule has 1 heterocycles. The predicted molar refractivity (Wildman–Crippen MR) is 94.1 cm³/mol. The van der Waals surface area contributed by atoms with E-state index in [1.165, 1.54) is 5.56 Å². The van der Waals surface area contributed by atoms with E-state index in [1.54, 1.807) is 18.2 Å². The molecule has 2 aromatic carbocycles. The van der Waals surface area contributed by atoms with E-state index in [2.05, 4.69) is 12.1 Å². The van der Waals surface area contributed by atoms with Crippen molar-refractivity contribution in [2.75, 3.05) is 19.6 Å². The Morgan fingerprint density at radius 2 is 1.83 bits per heavy atom. The second kappa shape index (κ2) is 6.91. The highest BCUT2D eigenvalue weighted by atomic mass is 35.5. The van der Waals surface area contributed by atoms with Gasteiger partial charge in [-0.15, -0.1) is 0 Å². The Labute approximate surface area is 146 Å². The summed E-state index contributed by atoms with van der Waals surface area (Å²) in [5.41, 5.74) is 7.72. The predicted octanol–water partition coefficient (Wildman–Crippen LogP) is 3.81. The van der Waals surface area contributed by atoms with Gasteiger partial charge in [-0.1, -0.05) is 53.5 Å². The largest absolute Gasteiger partial charge is 0.338 e. The highest BCUT2D eigenvalue weighted by Crippen LogP contribution is 2.33. The molecule has 0 saturated carbocycles. The normalized spacial score (nSPS) is 20.7. The maximum Gasteiger partial charge on any atom is 0.253 e. The lowest BCUT2D eigenvalue weighted by Gasteiger charge is -2.17. The molecule has 1 aliphatic heterocycles. The molecule has 5 heteroatoms. The SMILES string of the molecule is NC[C@@H]1CN(C(=O)c2ccc(Cl)c(Cl)c2)C[C@H]1c1ccccc1. The number of benzene rings is 2. The summed E-state index contributed by atoms with van der Waals surface area (Å²) in [5.74, 6) is 0.512. The molecule has 0 unspecified atom stereocenters. The molecular weight excluding hydrogens is 331 g/mol. The van der Waals surface area contributed by atoms with Crippen LogP contribution >= 0.6 is 23.2 Å². The summed E-state index contributed by atoms with van der Waals surface area (Å²) in [7, 11) is 0. The minimum Gasteiger partial charge on any atom is -0.338 e. The lowest BCUT2D eigenvalue weighted by atomic mass is 9.89. The summed E-state index contributed by atoms with van der Waals surface area (Å²) in [6.07, 6.45) is 0. The number of rotatable bonds is 3. The first-order valence-electron chi connectivity index (χ1n) is 7.59. The van der Waals surface area contributed by atoms with E-state index in [0.717, 1.165) is 0 Å². The van der Waals surface area contributed by atoms with Crippen LogP contribution in [0, 0.1) is 5.92 Å². The average Bonchev–Trinajstić information content (AvgIpc) is 3.02. The molecule has 0 bridgehead atoms. The molecule has 120 valence electrons. The van der Waals surface area contributed by atoms with Gasteiger partial charge in [0.25, 0.3) is 5.91 Å². The summed E-state index contributed by atoms with van der Waals surface area (Å²) in [6, 6.07) is 15.2. The van der Waals surface area contributed by atoms with Gasteiger partial charge in [0, 0.05) is 24.6 Å². The Kier molecular flexibility index (Phi) is 4.90. The van der Waals surface area contributed by atoms with Crippen molar-refractivity contribution in [3.8, 4) is 0 Å². The molecule has 1 aliphatic rings. The molecule has 1 saturated heterocycles. The summed E-state index contributed by atoms with van der Waals surface area (Å²) in [6.45, 7) is 1.89. The first kappa shape index (κ1) is 16.3. The molecule has 2 aromatic rings. The Morgan fingerprint density at radius 3 is 2.48 bits per heavy atom. The summed E-state index contributed by atoms with van der Waals surface area (Å²) >= 11 is 11.9. The van der Waals surface area contributed by atoms with Crippen LogP contribution in [0.5, 0.6) is 0 Å². The van der Waals surface area contributed by atoms with E-state index >= 15 is 0 Å². The number of likely N-dealkylation sites (tertiary alicyclic amines) is 1. The van der Waals surface area contributed by atoms with Crippen molar-refractivity contribution in [2.45, 2.75) is 5.92 Å². The molecule has 0 radical (unpaired) electrons. The Hall–Kier alpha value is -1.55. The molecule has 1 fully saturated rings. The van der Waals surface area contributed by atoms with Gasteiger partial charge in [0.05, 0.1) is 10.0 Å². The molecule has 1 amide bonds. The number of carbonyl (C=O) groups is 1. The summed E-state index contributed by atoms with van der Waals surface area (Å²) in [4.78, 5) is 14.6. The maximum atomic E-state index is 12.7. The Bertz CT molecular complexity index is 705. The van der Waals surface area contributed by atoms with Crippen LogP contribution in [0.3, 0.4) is 0 Å². The van der Waals surface area contributed by atoms with Crippen molar-refractivity contribution in [3.05, 3.63) is 69.7 Å². The number of hydrogen-bond donors (Lipinski definition) is 1. The molecule has 2 atom stereocenters. The van der Waals surface area contributed by atoms with E-state index in [9.17, 15) is 4.79 Å². The molecule has 23 heavy (non-hydrogen) atoms. The van der Waals surface area contributed by atoms with Crippen molar-refractivity contribution in [1.82, 2.24) is 4.90 Å². The smallest absolute Gasteiger partial charge is 0.253 e. The van der Waals surface area contributed by atoms with Gasteiger partial charge in [-0.3, -0.25) is 4.79 Å². The highest BCUT2D eigenvalue weighted by molar-refractivity contribution is 6.42. The average molecular weight is 349 g/mol. The van der Waals surface area contributed by atoms with Gasteiger partial charge >= 0.3 is 0 Å². The monoisotopic (exact) mass is 348 g/mol. The van der Waals surface area contributed by atoms with Gasteiger partial charge in [-0.05, 0) is 36.2 Å². The van der Waals surface area contributed by atoms with Crippen LogP contribution in [-0.4, -0.2) is 30.4 Å². The van der Waals surface area contributed by atoms with Gasteiger partial charge < -0.3 is 10.6 Å². The van der Waals surface area contributed by atoms with E-state index in [-0.39, 0.29) is 17.7 Å². The van der Waals surface area contributed by atoms with E-state index in [4.69, 9.17) is 28.9 Å². The quantitative estimate of drug-likeness (QED) is 0.916. The van der Waals surface area contributed by atoms with Gasteiger partial charge in [0.15, 0.2) is 0 Å². The third kappa shape index (κ3) is 3.37. The summed E-state index contributed by atoms with van der Waals surface area (Å²) in [5, 5.41) is 0.846. The fraction of sp³-hybridized carbons (Fsp3) is 0.278. The highest BCUT2D eigenvalue weighted by Gasteiger charge is 2.35. The van der Waals surface area contributed by atoms with Crippen LogP contribution in [0.25, 0.3) is 0 Å². The van der Waals surface area contributed by atoms with Gasteiger partial charge in [0.1, 0.15) is 0 Å². The number of hydrogen-bond acceptors (Lipinski definition) is 2. The van der Waals surface area contributed by atoms with Crippen LogP contribution in [0.1, 0.15) is 21.8 Å². The summed E-state index contributed by atoms with van der Waals surface area (Å²) < 4.78 is 0. The lowest BCUT2D eigenvalue weighted by Crippen LogP contribution is -2.29. The van der Waals surface area contributed by atoms with Crippen molar-refractivity contribution >= 4 is 29.1 Å². The number of amides is 1. The molecule has 0 spiro atoms. The van der Waals surface area contributed by atoms with Crippen LogP contribution in [0.4, 0.5) is 0 Å². The number of carbonyl (C=O) groups excluding carboxylic acids is 1. The zero-order valence-electron chi connectivity index (χ0n) is 12.6. The maximum absolute atomic E-state index is 12.7. The fourth-order valence-electron chi connectivity index (χ4n) is 3.17. The van der Waals surface area contributed by atoms with Gasteiger partial charge in [-0.2, -0.15) is 0 Å². The minimum atomic E-state index is -0.0274. The van der Waals surface area contributed by atoms with E-state index in [1.807, 2.05) is 23.1 Å². The minimum absolute atomic E-state index is 0.0274. The first-order chi connectivity index (χ1) is 11.1. The van der Waals surface area contributed by atoms with Crippen LogP contribution in [0.2, 0.25) is 10.0 Å². The second-order valence-electron chi connectivity index (χ2n) is 5.85. The number of nitrogens with two attached hydrogens (primary N) is 1. The fourth-order valence-corrected chi connectivity index (χ4v) is 3.46. The standard InChI is InChI=1S/C18H18Cl2N2O/c19-16-7-6-13(8-17(16)20)18(23)22-10-14(9-21)15(11-22)12-4-2-1-3-5-12/h1-8,14-15H,9-11,21H2/t14-,15+/m1/s1. The lowest BCUT2D eigenvalue weighted by molar-refractivity contribution is 0.0786. The van der Waals surface area contributed by atoms with Crippen LogP contribution in [0.15, 0.2) is 48.5 Å². The molecule has 0 aliphatic carbocycles. The molecule has 3 rings (SSSR count). The zero-order valence-corrected chi connectivity index (χ0v) is 14.1. The molecular formula is C18H18Cl2N2O. The van der Waals surface area contributed by atoms with Gasteiger partial charge in [-0.25, -0.2) is 0 Å². The second-order valence-corrected chi connectivity index (χ2v) is 6.67. The molecule has 0 aromatic heterocycles. The number of halogens is 2. The van der Waals surface area contributed by atoms with Crippen LogP contribution in [-0.2, 0) is 0 Å². The van der Waals surface area contributed by atoms with Gasteiger partial charge in [0.2, 0.25) is 0 Å². The Morgan fingerprint density at radius 1 is 1.09 bits per heavy atom. The third-order valence-corrected chi connectivity index (χ3v) is 5.16. The Balaban J connectivity index is 1.81. The van der Waals surface area contributed by atoms with Crippen molar-refractivity contribution in [2.24, 2.45) is 11.7 Å². The van der Waals surface area contributed by atoms with E-state index in [0.29, 0.717) is 35.2 Å². The topological polar surface area (TPSA) is 46.3 Å².